The summed E-state index contributed by atoms with van der Waals surface area (Å²) in [5.41, 5.74) is 0.330. The molecule has 0 spiro atoms. The van der Waals surface area contributed by atoms with Crippen LogP contribution in [0.25, 0.3) is 0 Å². The van der Waals surface area contributed by atoms with Gasteiger partial charge >= 0.3 is 6.09 Å². The topological polar surface area (TPSA) is 46.6 Å². The van der Waals surface area contributed by atoms with E-state index in [1.165, 1.54) is 24.1 Å². The van der Waals surface area contributed by atoms with E-state index in [1.54, 1.807) is 33.8 Å². The van der Waals surface area contributed by atoms with Gasteiger partial charge in [0, 0.05) is 7.05 Å². The largest absolute Gasteiger partial charge is 0.444 e. The van der Waals surface area contributed by atoms with Gasteiger partial charge in [0.1, 0.15) is 23.7 Å². The molecule has 0 N–H and O–H groups in total. The maximum atomic E-state index is 13.3. The minimum Gasteiger partial charge on any atom is -0.444 e. The van der Waals surface area contributed by atoms with Gasteiger partial charge in [0.2, 0.25) is 0 Å². The second kappa shape index (κ2) is 6.03. The molecule has 0 fully saturated rings. The van der Waals surface area contributed by atoms with E-state index in [9.17, 15) is 14.0 Å². The van der Waals surface area contributed by atoms with Crippen molar-refractivity contribution in [1.29, 1.82) is 0 Å². The number of aryl methyl sites for hydroxylation is 1. The highest BCUT2D eigenvalue weighted by molar-refractivity contribution is 5.74. The van der Waals surface area contributed by atoms with Crippen molar-refractivity contribution in [2.45, 2.75) is 39.3 Å². The molecular weight excluding hydrogens is 261 g/mol. The predicted octanol–water partition coefficient (Wildman–Crippen LogP) is 3.24. The third kappa shape index (κ3) is 4.05. The van der Waals surface area contributed by atoms with Gasteiger partial charge in [-0.05, 0) is 44.9 Å². The summed E-state index contributed by atoms with van der Waals surface area (Å²) in [6.45, 7) is 6.85. The van der Waals surface area contributed by atoms with Gasteiger partial charge < -0.3 is 9.53 Å². The smallest absolute Gasteiger partial charge is 0.410 e. The van der Waals surface area contributed by atoms with E-state index < -0.39 is 17.7 Å². The molecule has 0 radical (unpaired) electrons. The molecule has 110 valence electrons. The van der Waals surface area contributed by atoms with Crippen LogP contribution in [-0.4, -0.2) is 29.9 Å². The predicted molar refractivity (Wildman–Crippen MR) is 73.9 cm³/mol. The number of hydrogen-bond acceptors (Lipinski definition) is 3. The number of halogens is 1. The van der Waals surface area contributed by atoms with E-state index >= 15 is 0 Å². The molecule has 0 bridgehead atoms. The van der Waals surface area contributed by atoms with Crippen LogP contribution in [0.5, 0.6) is 0 Å². The monoisotopic (exact) mass is 281 g/mol. The van der Waals surface area contributed by atoms with Gasteiger partial charge in [-0.3, -0.25) is 4.90 Å². The zero-order chi connectivity index (χ0) is 15.5. The van der Waals surface area contributed by atoms with Crippen LogP contribution >= 0.6 is 0 Å². The van der Waals surface area contributed by atoms with Crippen LogP contribution in [0.4, 0.5) is 9.18 Å². The number of rotatable bonds is 3. The Morgan fingerprint density at radius 3 is 2.45 bits per heavy atom. The quantitative estimate of drug-likeness (QED) is 0.799. The van der Waals surface area contributed by atoms with Gasteiger partial charge in [0.25, 0.3) is 0 Å². The molecule has 0 aliphatic rings. The number of hydrogen-bond donors (Lipinski definition) is 0. The molecule has 0 aromatic heterocycles. The normalized spacial score (nSPS) is 12.7. The highest BCUT2D eigenvalue weighted by Crippen LogP contribution is 2.22. The van der Waals surface area contributed by atoms with Gasteiger partial charge in [-0.1, -0.05) is 12.1 Å². The molecule has 4 nitrogen and oxygen atoms in total. The third-order valence-corrected chi connectivity index (χ3v) is 2.75. The van der Waals surface area contributed by atoms with Gasteiger partial charge in [-0.2, -0.15) is 0 Å². The van der Waals surface area contributed by atoms with Crippen molar-refractivity contribution < 1.29 is 18.7 Å². The Bertz CT molecular complexity index is 508. The lowest BCUT2D eigenvalue weighted by atomic mass is 10.0. The third-order valence-electron chi connectivity index (χ3n) is 2.75. The summed E-state index contributed by atoms with van der Waals surface area (Å²) in [4.78, 5) is 24.4. The average molecular weight is 281 g/mol. The summed E-state index contributed by atoms with van der Waals surface area (Å²) in [7, 11) is 1.48. The second-order valence-electron chi connectivity index (χ2n) is 5.68. The number of benzene rings is 1. The van der Waals surface area contributed by atoms with E-state index in [0.717, 1.165) is 0 Å². The molecule has 1 unspecified atom stereocenters. The van der Waals surface area contributed by atoms with Crippen molar-refractivity contribution in [1.82, 2.24) is 4.90 Å². The Morgan fingerprint density at radius 1 is 1.40 bits per heavy atom. The van der Waals surface area contributed by atoms with E-state index in [0.29, 0.717) is 17.4 Å². The van der Waals surface area contributed by atoms with Crippen molar-refractivity contribution >= 4 is 12.4 Å². The fraction of sp³-hybridized carbons (Fsp3) is 0.467. The first-order chi connectivity index (χ1) is 9.15. The van der Waals surface area contributed by atoms with E-state index in [2.05, 4.69) is 0 Å². The summed E-state index contributed by atoms with van der Waals surface area (Å²) in [5, 5.41) is 0. The van der Waals surface area contributed by atoms with Crippen LogP contribution in [0.2, 0.25) is 0 Å². The Balaban J connectivity index is 2.97. The number of carbonyl (C=O) groups is 2. The van der Waals surface area contributed by atoms with Gasteiger partial charge in [0.05, 0.1) is 0 Å². The summed E-state index contributed by atoms with van der Waals surface area (Å²) >= 11 is 0. The number of amides is 1. The molecule has 1 rings (SSSR count). The standard InChI is InChI=1S/C15H20FNO3/c1-10-8-11(6-7-12(10)16)13(9-18)17(5)14(19)20-15(2,3)4/h6-9,13H,1-5H3. The van der Waals surface area contributed by atoms with Crippen LogP contribution in [0.1, 0.15) is 37.9 Å². The molecule has 5 heteroatoms. The molecule has 1 atom stereocenters. The lowest BCUT2D eigenvalue weighted by Gasteiger charge is -2.28. The zero-order valence-corrected chi connectivity index (χ0v) is 12.4. The van der Waals surface area contributed by atoms with Crippen LogP contribution in [0, 0.1) is 12.7 Å². The van der Waals surface area contributed by atoms with Gasteiger partial charge in [-0.25, -0.2) is 9.18 Å². The SMILES string of the molecule is Cc1cc(C(C=O)N(C)C(=O)OC(C)(C)C)ccc1F. The molecule has 0 aliphatic carbocycles. The summed E-state index contributed by atoms with van der Waals surface area (Å²) in [6.07, 6.45) is 0.0351. The molecule has 1 aromatic carbocycles. The fourth-order valence-electron chi connectivity index (χ4n) is 1.69. The molecule has 0 aliphatic heterocycles. The van der Waals surface area contributed by atoms with E-state index in [-0.39, 0.29) is 5.82 Å². The minimum atomic E-state index is -0.802. The van der Waals surface area contributed by atoms with Crippen molar-refractivity contribution in [3.05, 3.63) is 35.1 Å². The average Bonchev–Trinajstić information content (AvgIpc) is 2.32. The first-order valence-corrected chi connectivity index (χ1v) is 6.33. The molecule has 0 saturated carbocycles. The lowest BCUT2D eigenvalue weighted by Crippen LogP contribution is -2.37. The minimum absolute atomic E-state index is 0.349. The van der Waals surface area contributed by atoms with Crippen LogP contribution < -0.4 is 0 Å². The Morgan fingerprint density at radius 2 is 2.00 bits per heavy atom. The van der Waals surface area contributed by atoms with Crippen LogP contribution in [0.15, 0.2) is 18.2 Å². The van der Waals surface area contributed by atoms with Crippen LogP contribution in [0.3, 0.4) is 0 Å². The lowest BCUT2D eigenvalue weighted by molar-refractivity contribution is -0.112. The number of likely N-dealkylation sites (N-methyl/N-ethyl adjacent to an activating group) is 1. The van der Waals surface area contributed by atoms with Crippen molar-refractivity contribution in [3.63, 3.8) is 0 Å². The summed E-state index contributed by atoms with van der Waals surface area (Å²) in [5.74, 6) is -0.349. The Labute approximate surface area is 118 Å². The Hall–Kier alpha value is -1.91. The maximum Gasteiger partial charge on any atom is 0.410 e. The first-order valence-electron chi connectivity index (χ1n) is 6.33. The molecule has 1 aromatic rings. The molecule has 0 heterocycles. The van der Waals surface area contributed by atoms with Crippen molar-refractivity contribution in [2.75, 3.05) is 7.05 Å². The molecular formula is C15H20FNO3. The zero-order valence-electron chi connectivity index (χ0n) is 12.4. The van der Waals surface area contributed by atoms with Gasteiger partial charge in [-0.15, -0.1) is 0 Å². The van der Waals surface area contributed by atoms with Crippen molar-refractivity contribution in [3.8, 4) is 0 Å². The molecule has 0 saturated heterocycles. The van der Waals surface area contributed by atoms with Gasteiger partial charge in [0.15, 0.2) is 0 Å². The second-order valence-corrected chi connectivity index (χ2v) is 5.68. The number of carbonyl (C=O) groups excluding carboxylic acids is 2. The number of nitrogens with zero attached hydrogens (tertiary/aromatic N) is 1. The molecule has 1 amide bonds. The fourth-order valence-corrected chi connectivity index (χ4v) is 1.69. The van der Waals surface area contributed by atoms with Crippen LogP contribution in [-0.2, 0) is 9.53 Å². The number of ether oxygens (including phenoxy) is 1. The summed E-state index contributed by atoms with van der Waals surface area (Å²) in [6, 6.07) is 3.52. The Kier molecular flexibility index (Phi) is 4.87. The highest BCUT2D eigenvalue weighted by Gasteiger charge is 2.26. The van der Waals surface area contributed by atoms with E-state index in [4.69, 9.17) is 4.74 Å². The first kappa shape index (κ1) is 16.1. The summed E-state index contributed by atoms with van der Waals surface area (Å²) < 4.78 is 18.5. The van der Waals surface area contributed by atoms with Crippen molar-refractivity contribution in [2.24, 2.45) is 0 Å². The van der Waals surface area contributed by atoms with E-state index in [1.807, 2.05) is 0 Å². The molecule has 20 heavy (non-hydrogen) atoms. The number of aldehydes is 1. The highest BCUT2D eigenvalue weighted by atomic mass is 19.1. The maximum absolute atomic E-state index is 13.3.